The first-order chi connectivity index (χ1) is 15.4. The van der Waals surface area contributed by atoms with Crippen LogP contribution in [0.3, 0.4) is 0 Å². The summed E-state index contributed by atoms with van der Waals surface area (Å²) in [6, 6.07) is 8.26. The standard InChI is InChI=1S/C26H29FN4O/c1-5-18-7-12-21(26(32)29-23(6-2)25-13-17(3)16-30(25)4)22-15-28-31(24(22)14-18)20-10-8-19(27)9-11-20/h8-16,23H,5-7H2,1-4H3,(H,29,32). The Bertz CT molecular complexity index is 1200. The lowest BCUT2D eigenvalue weighted by Gasteiger charge is -2.19. The second-order valence-electron chi connectivity index (χ2n) is 8.30. The van der Waals surface area contributed by atoms with Crippen molar-refractivity contribution in [3.63, 3.8) is 0 Å². The molecular weight excluding hydrogens is 403 g/mol. The van der Waals surface area contributed by atoms with Crippen molar-refractivity contribution < 1.29 is 9.18 Å². The lowest BCUT2D eigenvalue weighted by Crippen LogP contribution is -2.30. The van der Waals surface area contributed by atoms with Crippen LogP contribution in [0.25, 0.3) is 17.3 Å². The number of carbonyl (C=O) groups excluding carboxylic acids is 1. The van der Waals surface area contributed by atoms with Crippen molar-refractivity contribution in [2.45, 2.75) is 46.1 Å². The van der Waals surface area contributed by atoms with Gasteiger partial charge >= 0.3 is 0 Å². The van der Waals surface area contributed by atoms with Gasteiger partial charge in [-0.15, -0.1) is 0 Å². The van der Waals surface area contributed by atoms with Crippen LogP contribution in [0.4, 0.5) is 4.39 Å². The minimum absolute atomic E-state index is 0.0837. The molecule has 1 N–H and O–H groups in total. The molecule has 0 bridgehead atoms. The fourth-order valence-corrected chi connectivity index (χ4v) is 4.27. The van der Waals surface area contributed by atoms with Crippen molar-refractivity contribution in [1.82, 2.24) is 19.7 Å². The number of allylic oxidation sites excluding steroid dienone is 2. The van der Waals surface area contributed by atoms with Gasteiger partial charge in [0.2, 0.25) is 0 Å². The number of nitrogens with zero attached hydrogens (tertiary/aromatic N) is 3. The number of hydrogen-bond donors (Lipinski definition) is 1. The summed E-state index contributed by atoms with van der Waals surface area (Å²) in [5.41, 5.74) is 6.47. The number of halogens is 1. The molecule has 1 aliphatic rings. The average Bonchev–Trinajstić information content (AvgIpc) is 3.28. The van der Waals surface area contributed by atoms with E-state index in [-0.39, 0.29) is 17.8 Å². The Kier molecular flexibility index (Phi) is 6.12. The highest BCUT2D eigenvalue weighted by Gasteiger charge is 2.24. The maximum atomic E-state index is 13.5. The quantitative estimate of drug-likeness (QED) is 0.559. The summed E-state index contributed by atoms with van der Waals surface area (Å²) in [4.78, 5) is 13.5. The van der Waals surface area contributed by atoms with Crippen LogP contribution < -0.4 is 5.32 Å². The number of hydrogen-bond acceptors (Lipinski definition) is 2. The van der Waals surface area contributed by atoms with Crippen LogP contribution in [-0.4, -0.2) is 20.3 Å². The molecule has 1 aromatic carbocycles. The Morgan fingerprint density at radius 1 is 1.25 bits per heavy atom. The molecule has 1 unspecified atom stereocenters. The van der Waals surface area contributed by atoms with E-state index < -0.39 is 0 Å². The van der Waals surface area contributed by atoms with Gasteiger partial charge in [0.1, 0.15) is 5.82 Å². The van der Waals surface area contributed by atoms with Crippen LogP contribution in [0.1, 0.15) is 61.7 Å². The van der Waals surface area contributed by atoms with Crippen molar-refractivity contribution >= 4 is 17.6 Å². The molecule has 2 aromatic heterocycles. The maximum absolute atomic E-state index is 13.5. The Hall–Kier alpha value is -3.41. The van der Waals surface area contributed by atoms with Gasteiger partial charge in [0.05, 0.1) is 23.6 Å². The number of nitrogens with one attached hydrogen (secondary N) is 1. The van der Waals surface area contributed by atoms with Gasteiger partial charge in [0, 0.05) is 30.1 Å². The van der Waals surface area contributed by atoms with Crippen LogP contribution in [0.15, 0.2) is 54.4 Å². The molecule has 0 spiro atoms. The zero-order valence-electron chi connectivity index (χ0n) is 19.0. The molecule has 2 heterocycles. The highest BCUT2D eigenvalue weighted by atomic mass is 19.1. The SMILES string of the molecule is CCC1=Cc2c(cnn2-c2ccc(F)cc2)C(C(=O)NC(CC)c2cc(C)cn2C)=CC1. The van der Waals surface area contributed by atoms with E-state index in [0.717, 1.165) is 35.5 Å². The number of aryl methyl sites for hydroxylation is 2. The molecule has 1 atom stereocenters. The van der Waals surface area contributed by atoms with Crippen molar-refractivity contribution in [2.75, 3.05) is 0 Å². The van der Waals surface area contributed by atoms with Crippen molar-refractivity contribution in [3.05, 3.63) is 82.7 Å². The molecular formula is C26H29FN4O. The molecule has 3 aromatic rings. The van der Waals surface area contributed by atoms with E-state index >= 15 is 0 Å². The molecule has 0 saturated carbocycles. The third kappa shape index (κ3) is 4.17. The first kappa shape index (κ1) is 21.8. The van der Waals surface area contributed by atoms with Gasteiger partial charge in [-0.2, -0.15) is 5.10 Å². The maximum Gasteiger partial charge on any atom is 0.252 e. The van der Waals surface area contributed by atoms with Gasteiger partial charge in [-0.3, -0.25) is 4.79 Å². The normalized spacial score (nSPS) is 14.3. The second-order valence-corrected chi connectivity index (χ2v) is 8.30. The molecule has 0 radical (unpaired) electrons. The summed E-state index contributed by atoms with van der Waals surface area (Å²) in [7, 11) is 2.00. The summed E-state index contributed by atoms with van der Waals surface area (Å²) >= 11 is 0. The average molecular weight is 433 g/mol. The van der Waals surface area contributed by atoms with Crippen LogP contribution in [-0.2, 0) is 11.8 Å². The largest absolute Gasteiger partial charge is 0.352 e. The van der Waals surface area contributed by atoms with Gasteiger partial charge in [-0.1, -0.05) is 25.5 Å². The zero-order chi connectivity index (χ0) is 22.8. The summed E-state index contributed by atoms with van der Waals surface area (Å²) in [6.07, 6.45) is 10.3. The minimum Gasteiger partial charge on any atom is -0.352 e. The number of aromatic nitrogens is 3. The van der Waals surface area contributed by atoms with Gasteiger partial charge in [-0.05, 0) is 68.2 Å². The second kappa shape index (κ2) is 8.99. The first-order valence-electron chi connectivity index (χ1n) is 11.1. The van der Waals surface area contributed by atoms with Crippen molar-refractivity contribution in [2.24, 2.45) is 7.05 Å². The summed E-state index contributed by atoms with van der Waals surface area (Å²) < 4.78 is 17.3. The molecule has 1 amide bonds. The first-order valence-corrected chi connectivity index (χ1v) is 11.1. The number of benzene rings is 1. The van der Waals surface area contributed by atoms with Crippen LogP contribution in [0.2, 0.25) is 0 Å². The van der Waals surface area contributed by atoms with E-state index in [9.17, 15) is 9.18 Å². The smallest absolute Gasteiger partial charge is 0.252 e. The van der Waals surface area contributed by atoms with E-state index in [0.29, 0.717) is 12.0 Å². The summed E-state index contributed by atoms with van der Waals surface area (Å²) in [6.45, 7) is 6.23. The lowest BCUT2D eigenvalue weighted by molar-refractivity contribution is -0.116. The molecule has 6 heteroatoms. The molecule has 166 valence electrons. The molecule has 0 saturated heterocycles. The zero-order valence-corrected chi connectivity index (χ0v) is 19.0. The molecule has 32 heavy (non-hydrogen) atoms. The Balaban J connectivity index is 1.70. The van der Waals surface area contributed by atoms with Crippen LogP contribution in [0, 0.1) is 12.7 Å². The predicted octanol–water partition coefficient (Wildman–Crippen LogP) is 5.51. The van der Waals surface area contributed by atoms with E-state index in [1.165, 1.54) is 23.3 Å². The highest BCUT2D eigenvalue weighted by molar-refractivity contribution is 6.20. The predicted molar refractivity (Wildman–Crippen MR) is 126 cm³/mol. The van der Waals surface area contributed by atoms with Gasteiger partial charge in [-0.25, -0.2) is 9.07 Å². The van der Waals surface area contributed by atoms with E-state index in [1.807, 2.05) is 13.1 Å². The molecule has 5 nitrogen and oxygen atoms in total. The summed E-state index contributed by atoms with van der Waals surface area (Å²) in [5, 5.41) is 7.77. The fraction of sp³-hybridized carbons (Fsp3) is 0.308. The van der Waals surface area contributed by atoms with Crippen molar-refractivity contribution in [3.8, 4) is 5.69 Å². The van der Waals surface area contributed by atoms with Crippen LogP contribution in [0.5, 0.6) is 0 Å². The number of fused-ring (bicyclic) bond motifs is 1. The van der Waals surface area contributed by atoms with Gasteiger partial charge in [0.15, 0.2) is 0 Å². The van der Waals surface area contributed by atoms with Gasteiger partial charge < -0.3 is 9.88 Å². The summed E-state index contributed by atoms with van der Waals surface area (Å²) in [5.74, 6) is -0.403. The third-order valence-corrected chi connectivity index (χ3v) is 6.03. The highest BCUT2D eigenvalue weighted by Crippen LogP contribution is 2.31. The molecule has 0 fully saturated rings. The van der Waals surface area contributed by atoms with Crippen molar-refractivity contribution in [1.29, 1.82) is 0 Å². The van der Waals surface area contributed by atoms with E-state index in [1.54, 1.807) is 23.0 Å². The van der Waals surface area contributed by atoms with E-state index in [4.69, 9.17) is 0 Å². The third-order valence-electron chi connectivity index (χ3n) is 6.03. The van der Waals surface area contributed by atoms with Gasteiger partial charge in [0.25, 0.3) is 5.91 Å². The minimum atomic E-state index is -0.293. The number of rotatable bonds is 6. The molecule has 1 aliphatic carbocycles. The number of amides is 1. The Labute approximate surface area is 188 Å². The Morgan fingerprint density at radius 2 is 2.00 bits per heavy atom. The number of carbonyl (C=O) groups is 1. The molecule has 0 aliphatic heterocycles. The van der Waals surface area contributed by atoms with E-state index in [2.05, 4.69) is 54.1 Å². The fourth-order valence-electron chi connectivity index (χ4n) is 4.27. The topological polar surface area (TPSA) is 51.9 Å². The lowest BCUT2D eigenvalue weighted by atomic mass is 10.0. The Morgan fingerprint density at radius 3 is 2.62 bits per heavy atom. The molecule has 4 rings (SSSR count). The monoisotopic (exact) mass is 432 g/mol. The van der Waals surface area contributed by atoms with Crippen LogP contribution >= 0.6 is 0 Å².